The van der Waals surface area contributed by atoms with Crippen LogP contribution in [0, 0.1) is 0 Å². The summed E-state index contributed by atoms with van der Waals surface area (Å²) >= 11 is 12.5. The second-order valence-electron chi connectivity index (χ2n) is 6.36. The van der Waals surface area contributed by atoms with E-state index >= 15 is 0 Å². The van der Waals surface area contributed by atoms with Crippen LogP contribution in [0.15, 0.2) is 70.5 Å². The van der Waals surface area contributed by atoms with Gasteiger partial charge < -0.3 is 10.1 Å². The standard InChI is InChI=1S/C21H12Cl2N4O4/c22-11-5-6-13(18-25-10-14(21(30)31)20(29)26-18)16(9-11)27-17(28)7-8-24-19(27)12-3-1-2-4-15(12)23/h1-10H,(H,30,31)(H,25,26,29). The molecule has 10 heteroatoms. The average Bonchev–Trinajstić information content (AvgIpc) is 2.73. The van der Waals surface area contributed by atoms with Gasteiger partial charge in [0.25, 0.3) is 11.1 Å². The Hall–Kier alpha value is -3.75. The predicted octanol–water partition coefficient (Wildman–Crippen LogP) is 3.65. The summed E-state index contributed by atoms with van der Waals surface area (Å²) in [5.41, 5.74) is -0.625. The summed E-state index contributed by atoms with van der Waals surface area (Å²) in [6, 6.07) is 12.8. The molecule has 0 aliphatic heterocycles. The van der Waals surface area contributed by atoms with Crippen molar-refractivity contribution in [1.29, 1.82) is 0 Å². The third-order valence-corrected chi connectivity index (χ3v) is 5.01. The van der Waals surface area contributed by atoms with Crippen LogP contribution in [-0.2, 0) is 0 Å². The van der Waals surface area contributed by atoms with E-state index in [9.17, 15) is 14.4 Å². The van der Waals surface area contributed by atoms with E-state index in [1.54, 1.807) is 36.4 Å². The van der Waals surface area contributed by atoms with Gasteiger partial charge in [-0.25, -0.2) is 14.8 Å². The Morgan fingerprint density at radius 1 is 1.00 bits per heavy atom. The molecule has 0 atom stereocenters. The highest BCUT2D eigenvalue weighted by molar-refractivity contribution is 6.33. The molecule has 8 nitrogen and oxygen atoms in total. The summed E-state index contributed by atoms with van der Waals surface area (Å²) in [6.45, 7) is 0. The highest BCUT2D eigenvalue weighted by atomic mass is 35.5. The van der Waals surface area contributed by atoms with Gasteiger partial charge in [-0.1, -0.05) is 35.3 Å². The first kappa shape index (κ1) is 20.5. The lowest BCUT2D eigenvalue weighted by Gasteiger charge is -2.16. The Bertz CT molecular complexity index is 1450. The summed E-state index contributed by atoms with van der Waals surface area (Å²) in [6.07, 6.45) is 2.32. The lowest BCUT2D eigenvalue weighted by Crippen LogP contribution is -2.22. The zero-order valence-corrected chi connectivity index (χ0v) is 17.1. The van der Waals surface area contributed by atoms with Crippen molar-refractivity contribution in [3.8, 4) is 28.5 Å². The number of nitrogens with zero attached hydrogens (tertiary/aromatic N) is 3. The van der Waals surface area contributed by atoms with E-state index in [1.165, 1.54) is 22.9 Å². The van der Waals surface area contributed by atoms with Gasteiger partial charge in [0.1, 0.15) is 17.2 Å². The third-order valence-electron chi connectivity index (χ3n) is 4.45. The first-order chi connectivity index (χ1) is 14.9. The minimum Gasteiger partial charge on any atom is -0.477 e. The van der Waals surface area contributed by atoms with Crippen molar-refractivity contribution in [1.82, 2.24) is 19.5 Å². The molecule has 4 aromatic rings. The van der Waals surface area contributed by atoms with Crippen LogP contribution in [0.3, 0.4) is 0 Å². The van der Waals surface area contributed by atoms with Crippen molar-refractivity contribution in [2.45, 2.75) is 0 Å². The summed E-state index contributed by atoms with van der Waals surface area (Å²) in [5.74, 6) is -1.09. The summed E-state index contributed by atoms with van der Waals surface area (Å²) in [5, 5.41) is 9.79. The Morgan fingerprint density at radius 2 is 1.77 bits per heavy atom. The number of carbonyl (C=O) groups is 1. The molecule has 2 aromatic heterocycles. The highest BCUT2D eigenvalue weighted by Crippen LogP contribution is 2.31. The van der Waals surface area contributed by atoms with Crippen molar-refractivity contribution >= 4 is 29.2 Å². The maximum absolute atomic E-state index is 12.9. The molecule has 0 amide bonds. The molecule has 0 aliphatic rings. The highest BCUT2D eigenvalue weighted by Gasteiger charge is 2.19. The van der Waals surface area contributed by atoms with Crippen LogP contribution < -0.4 is 11.1 Å². The Kier molecular flexibility index (Phi) is 5.41. The number of aromatic carboxylic acids is 1. The molecule has 0 saturated carbocycles. The number of nitrogens with one attached hydrogen (secondary N) is 1. The number of benzene rings is 2. The average molecular weight is 455 g/mol. The number of aromatic nitrogens is 4. The zero-order valence-electron chi connectivity index (χ0n) is 15.5. The van der Waals surface area contributed by atoms with Crippen LogP contribution in [0.2, 0.25) is 10.0 Å². The number of carboxylic acid groups (broad SMARTS) is 1. The van der Waals surface area contributed by atoms with Crippen molar-refractivity contribution < 1.29 is 9.90 Å². The molecule has 0 spiro atoms. The molecular formula is C21H12Cl2N4O4. The van der Waals surface area contributed by atoms with Crippen molar-refractivity contribution in [3.05, 3.63) is 97.2 Å². The molecule has 0 aliphatic carbocycles. The van der Waals surface area contributed by atoms with Gasteiger partial charge in [0.2, 0.25) is 0 Å². The van der Waals surface area contributed by atoms with E-state index in [2.05, 4.69) is 15.0 Å². The van der Waals surface area contributed by atoms with Gasteiger partial charge in [0.15, 0.2) is 0 Å². The number of halogens is 2. The van der Waals surface area contributed by atoms with E-state index < -0.39 is 22.7 Å². The fraction of sp³-hybridized carbons (Fsp3) is 0. The first-order valence-corrected chi connectivity index (χ1v) is 9.58. The minimum absolute atomic E-state index is 0.0579. The van der Waals surface area contributed by atoms with Gasteiger partial charge in [-0.2, -0.15) is 0 Å². The SMILES string of the molecule is O=C(O)c1cnc(-c2ccc(Cl)cc2-n2c(-c3ccccc3Cl)nccc2=O)[nH]c1=O. The molecule has 2 N–H and O–H groups in total. The van der Waals surface area contributed by atoms with E-state index in [0.29, 0.717) is 21.2 Å². The molecule has 154 valence electrons. The van der Waals surface area contributed by atoms with Gasteiger partial charge in [0.05, 0.1) is 10.7 Å². The van der Waals surface area contributed by atoms with Crippen molar-refractivity contribution in [2.24, 2.45) is 0 Å². The van der Waals surface area contributed by atoms with Crippen LogP contribution in [-0.4, -0.2) is 30.6 Å². The molecule has 0 radical (unpaired) electrons. The van der Waals surface area contributed by atoms with Gasteiger partial charge in [0, 0.05) is 34.6 Å². The normalized spacial score (nSPS) is 10.8. The van der Waals surface area contributed by atoms with E-state index in [4.69, 9.17) is 28.3 Å². The molecule has 2 aromatic carbocycles. The van der Waals surface area contributed by atoms with Gasteiger partial charge in [-0.05, 0) is 30.3 Å². The zero-order chi connectivity index (χ0) is 22.1. The van der Waals surface area contributed by atoms with Gasteiger partial charge >= 0.3 is 5.97 Å². The molecule has 0 unspecified atom stereocenters. The Balaban J connectivity index is 2.02. The van der Waals surface area contributed by atoms with Crippen LogP contribution in [0.1, 0.15) is 10.4 Å². The smallest absolute Gasteiger partial charge is 0.342 e. The summed E-state index contributed by atoms with van der Waals surface area (Å²) in [4.78, 5) is 47.0. The molecule has 0 fully saturated rings. The quantitative estimate of drug-likeness (QED) is 0.485. The summed E-state index contributed by atoms with van der Waals surface area (Å²) in [7, 11) is 0. The molecule has 4 rings (SSSR count). The lowest BCUT2D eigenvalue weighted by molar-refractivity contribution is 0.0694. The van der Waals surface area contributed by atoms with Crippen LogP contribution in [0.25, 0.3) is 28.5 Å². The fourth-order valence-corrected chi connectivity index (χ4v) is 3.43. The first-order valence-electron chi connectivity index (χ1n) is 8.82. The topological polar surface area (TPSA) is 118 Å². The van der Waals surface area contributed by atoms with Crippen LogP contribution in [0.4, 0.5) is 0 Å². The van der Waals surface area contributed by atoms with Gasteiger partial charge in [-0.3, -0.25) is 14.2 Å². The number of hydrogen-bond donors (Lipinski definition) is 2. The largest absolute Gasteiger partial charge is 0.477 e. The number of H-pyrrole nitrogens is 1. The maximum atomic E-state index is 12.9. The van der Waals surface area contributed by atoms with Crippen molar-refractivity contribution in [2.75, 3.05) is 0 Å². The number of aromatic amines is 1. The molecule has 0 saturated heterocycles. The van der Waals surface area contributed by atoms with E-state index in [-0.39, 0.29) is 17.3 Å². The molecular weight excluding hydrogens is 443 g/mol. The second kappa shape index (κ2) is 8.17. The molecule has 0 bridgehead atoms. The lowest BCUT2D eigenvalue weighted by atomic mass is 10.1. The number of rotatable bonds is 4. The van der Waals surface area contributed by atoms with Crippen LogP contribution in [0.5, 0.6) is 0 Å². The van der Waals surface area contributed by atoms with Crippen molar-refractivity contribution in [3.63, 3.8) is 0 Å². The monoisotopic (exact) mass is 454 g/mol. The summed E-state index contributed by atoms with van der Waals surface area (Å²) < 4.78 is 1.30. The Morgan fingerprint density at radius 3 is 2.48 bits per heavy atom. The predicted molar refractivity (Wildman–Crippen MR) is 116 cm³/mol. The number of hydrogen-bond acceptors (Lipinski definition) is 5. The Labute approximate surface area is 184 Å². The second-order valence-corrected chi connectivity index (χ2v) is 7.21. The number of carboxylic acids is 1. The maximum Gasteiger partial charge on any atom is 0.342 e. The minimum atomic E-state index is -1.40. The third kappa shape index (κ3) is 3.86. The molecule has 2 heterocycles. The van der Waals surface area contributed by atoms with E-state index in [0.717, 1.165) is 6.20 Å². The van der Waals surface area contributed by atoms with Gasteiger partial charge in [-0.15, -0.1) is 0 Å². The van der Waals surface area contributed by atoms with Crippen LogP contribution >= 0.6 is 23.2 Å². The fourth-order valence-electron chi connectivity index (χ4n) is 3.05. The van der Waals surface area contributed by atoms with E-state index in [1.807, 2.05) is 0 Å². The molecule has 31 heavy (non-hydrogen) atoms.